The van der Waals surface area contributed by atoms with Gasteiger partial charge in [-0.2, -0.15) is 0 Å². The number of sulfonamides is 1. The summed E-state index contributed by atoms with van der Waals surface area (Å²) in [6.45, 7) is 0. The molecule has 0 aliphatic heterocycles. The number of nitrogens with one attached hydrogen (secondary N) is 1. The van der Waals surface area contributed by atoms with Gasteiger partial charge >= 0.3 is 0 Å². The van der Waals surface area contributed by atoms with Gasteiger partial charge in [0.15, 0.2) is 0 Å². The fraction of sp³-hybridized carbons (Fsp3) is 0.0513. The van der Waals surface area contributed by atoms with Gasteiger partial charge < -0.3 is 4.74 Å². The van der Waals surface area contributed by atoms with E-state index in [0.29, 0.717) is 0 Å². The van der Waals surface area contributed by atoms with Crippen molar-refractivity contribution in [3.05, 3.63) is 94.5 Å². The molecular formula is C78H17NO3S. The van der Waals surface area contributed by atoms with Crippen molar-refractivity contribution < 1.29 is 13.2 Å². The first kappa shape index (κ1) is 33.7. The van der Waals surface area contributed by atoms with Gasteiger partial charge in [-0.15, -0.1) is 0 Å². The number of hydrogen-bond donors (Lipinski definition) is 1. The maximum Gasteiger partial charge on any atom is 0.241 e. The van der Waals surface area contributed by atoms with Crippen molar-refractivity contribution in [2.24, 2.45) is 0 Å². The van der Waals surface area contributed by atoms with Crippen LogP contribution in [0.15, 0.2) is 71.6 Å². The zero-order chi connectivity index (χ0) is 50.7. The van der Waals surface area contributed by atoms with Crippen LogP contribution in [0.25, 0.3) is 302 Å². The van der Waals surface area contributed by atoms with Crippen LogP contribution in [0.5, 0.6) is 5.75 Å². The first-order chi connectivity index (χ1) is 41.1. The molecule has 0 bridgehead atoms. The second-order valence-corrected chi connectivity index (χ2v) is 30.1. The molecule has 31 aromatic rings. The molecule has 5 heteroatoms. The average Bonchev–Trinajstić information content (AvgIpc) is 1.39. The van der Waals surface area contributed by atoms with E-state index in [1.54, 1.807) is 131 Å². The maximum atomic E-state index is 16.5. The van der Waals surface area contributed by atoms with E-state index in [2.05, 4.69) is 41.1 Å². The van der Waals surface area contributed by atoms with Crippen LogP contribution in [0.2, 0.25) is 0 Å². The van der Waals surface area contributed by atoms with E-state index in [0.717, 1.165) is 22.1 Å². The minimum atomic E-state index is -4.24. The summed E-state index contributed by atoms with van der Waals surface area (Å²) in [5.41, 5.74) is 5.74. The molecule has 0 spiro atoms. The molecule has 0 heterocycles. The van der Waals surface area contributed by atoms with E-state index in [1.807, 2.05) is 25.3 Å². The zero-order valence-electron chi connectivity index (χ0n) is 42.6. The van der Waals surface area contributed by atoms with Gasteiger partial charge in [0.2, 0.25) is 10.0 Å². The number of ether oxygens (including phenoxy) is 1. The van der Waals surface area contributed by atoms with Gasteiger partial charge in [0.1, 0.15) is 5.75 Å². The lowest BCUT2D eigenvalue weighted by Crippen LogP contribution is -2.49. The highest BCUT2D eigenvalue weighted by atomic mass is 32.2. The van der Waals surface area contributed by atoms with Crippen LogP contribution >= 0.6 is 0 Å². The van der Waals surface area contributed by atoms with Crippen LogP contribution in [0.4, 0.5) is 0 Å². The molecule has 0 aromatic heterocycles. The van der Waals surface area contributed by atoms with Gasteiger partial charge in [-0.3, -0.25) is 0 Å². The number of fused-ring (bicyclic) bond motifs is 1. The third-order valence-electron chi connectivity index (χ3n) is 27.4. The van der Waals surface area contributed by atoms with E-state index in [1.165, 1.54) is 195 Å². The zero-order valence-corrected chi connectivity index (χ0v) is 43.5. The number of benzene rings is 21. The fourth-order valence-electron chi connectivity index (χ4n) is 26.7. The normalized spacial score (nSPS) is 19.9. The lowest BCUT2D eigenvalue weighted by atomic mass is 9.53. The van der Waals surface area contributed by atoms with E-state index < -0.39 is 21.5 Å². The number of methoxy groups -OCH3 is 1. The Morgan fingerprint density at radius 2 is 0.614 bits per heavy atom. The van der Waals surface area contributed by atoms with Crippen LogP contribution in [-0.2, 0) is 15.4 Å². The van der Waals surface area contributed by atoms with E-state index >= 15 is 8.42 Å². The second kappa shape index (κ2) is 8.25. The van der Waals surface area contributed by atoms with Crippen molar-refractivity contribution in [2.45, 2.75) is 22.3 Å². The number of rotatable bonds is 6. The van der Waals surface area contributed by atoms with Gasteiger partial charge in [-0.25, -0.2) is 13.1 Å². The predicted molar refractivity (Wildman–Crippen MR) is 345 cm³/mol. The molecule has 4 nitrogen and oxygen atoms in total. The van der Waals surface area contributed by atoms with Crippen molar-refractivity contribution in [3.8, 4) is 5.75 Å². The summed E-state index contributed by atoms with van der Waals surface area (Å²) in [5.74, 6) is 0.516. The first-order valence-corrected chi connectivity index (χ1v) is 31.5. The Morgan fingerprint density at radius 1 is 0.337 bits per heavy atom. The Bertz CT molecular complexity index is 8210. The molecule has 0 radical (unpaired) electrons. The van der Waals surface area contributed by atoms with Gasteiger partial charge in [0.05, 0.1) is 23.5 Å². The van der Waals surface area contributed by atoms with Crippen molar-refractivity contribution in [1.29, 1.82) is 0 Å². The summed E-state index contributed by atoms with van der Waals surface area (Å²) in [7, 11) is -2.43. The fourth-order valence-corrected chi connectivity index (χ4v) is 27.9. The largest absolute Gasteiger partial charge is 0.496 e. The van der Waals surface area contributed by atoms with Crippen molar-refractivity contribution >= 4 is 312 Å². The predicted octanol–water partition coefficient (Wildman–Crippen LogP) is 20.0. The number of hydrogen-bond acceptors (Lipinski definition) is 3. The third-order valence-corrected chi connectivity index (χ3v) is 28.8. The molecule has 0 fully saturated rings. The molecule has 358 valence electrons. The smallest absolute Gasteiger partial charge is 0.241 e. The van der Waals surface area contributed by atoms with Crippen LogP contribution in [0, 0.1) is 0 Å². The van der Waals surface area contributed by atoms with Crippen molar-refractivity contribution in [2.75, 3.05) is 7.11 Å². The second-order valence-electron chi connectivity index (χ2n) is 28.4. The summed E-state index contributed by atoms with van der Waals surface area (Å²) in [5, 5.41) is 84.6. The lowest BCUT2D eigenvalue weighted by Gasteiger charge is -2.50. The Balaban J connectivity index is 1.03. The summed E-state index contributed by atoms with van der Waals surface area (Å²) < 4.78 is 43.6. The summed E-state index contributed by atoms with van der Waals surface area (Å²) in [6.07, 6.45) is 0. The molecule has 4 aliphatic carbocycles. The molecule has 1 unspecified atom stereocenters. The first-order valence-electron chi connectivity index (χ1n) is 30.0. The van der Waals surface area contributed by atoms with Crippen molar-refractivity contribution in [3.63, 3.8) is 0 Å². The van der Waals surface area contributed by atoms with Gasteiger partial charge in [-0.05, 0) is 342 Å². The molecular weight excluding hydrogens is 1030 g/mol. The van der Waals surface area contributed by atoms with Gasteiger partial charge in [-0.1, -0.05) is 48.5 Å². The standard InChI is InChI=1S/C78H17NO3S/c1-82-16-12-11-13-7-5-6-10-15(13)17(16)77(79-83(80,81)14-8-3-2-4-9-14)78-74-70-64-50-42-34-22-19-18-20-23(22)35-37-33-27(20)29-25-21(18)24-28-26(19)32-36(34)48(50)56-54-40(32)38(28)46-44-30(24)31(25)45-47-39(29)41(33)55-57-49(37)51(43(35)42)65(64)71(74)67(57)69-61(55)59(47)63-53(45)52(44)62-58(46)60(54)68(66(56)70)75(78)72(62)73(63)76(69)78/h2-12,74,77,79H,1H3. The molecule has 0 saturated heterocycles. The SMILES string of the molecule is COc1ccc2ccccc2c1C(NS(=O)(=O)c1ccccc1)C12c3c4c5c6c7c8c(c9c%10c1c1c3c3c%11c4c4c5c5c7c7c%12c8c8c9c9c%10c%10c1c1c3c3c%11c%11c4c4c5c7c5c7c%12c8c8c9c9c%10c1c1c3c3c%11c4c5c4c7c8c9c1c34)C62. The molecule has 4 aliphatic rings. The van der Waals surface area contributed by atoms with Crippen LogP contribution in [0.1, 0.15) is 39.8 Å². The molecule has 0 saturated carbocycles. The van der Waals surface area contributed by atoms with E-state index in [-0.39, 0.29) is 10.8 Å². The highest BCUT2D eigenvalue weighted by molar-refractivity contribution is 7.89. The minimum Gasteiger partial charge on any atom is -0.496 e. The van der Waals surface area contributed by atoms with E-state index in [4.69, 9.17) is 4.74 Å². The average molecular weight is 1050 g/mol. The molecule has 35 rings (SSSR count). The lowest BCUT2D eigenvalue weighted by molar-refractivity contribution is 0.346. The molecule has 1 atom stereocenters. The Kier molecular flexibility index (Phi) is 3.36. The van der Waals surface area contributed by atoms with Crippen LogP contribution in [0.3, 0.4) is 0 Å². The Morgan fingerprint density at radius 3 is 0.952 bits per heavy atom. The monoisotopic (exact) mass is 1050 g/mol. The molecule has 1 N–H and O–H groups in total. The molecule has 31 aromatic carbocycles. The van der Waals surface area contributed by atoms with Crippen LogP contribution in [-0.4, -0.2) is 15.5 Å². The van der Waals surface area contributed by atoms with Crippen molar-refractivity contribution in [1.82, 2.24) is 4.72 Å². The maximum absolute atomic E-state index is 16.5. The van der Waals surface area contributed by atoms with Gasteiger partial charge in [0.25, 0.3) is 0 Å². The molecule has 83 heavy (non-hydrogen) atoms. The summed E-state index contributed by atoms with van der Waals surface area (Å²) >= 11 is 0. The third kappa shape index (κ3) is 2.10. The van der Waals surface area contributed by atoms with E-state index in [9.17, 15) is 0 Å². The molecule has 0 amide bonds. The van der Waals surface area contributed by atoms with Gasteiger partial charge in [0, 0.05) is 11.5 Å². The highest BCUT2D eigenvalue weighted by Gasteiger charge is 2.66. The summed E-state index contributed by atoms with van der Waals surface area (Å²) in [4.78, 5) is 0.286. The Hall–Kier alpha value is -9.91. The highest BCUT2D eigenvalue weighted by Crippen LogP contribution is 2.85. The topological polar surface area (TPSA) is 55.4 Å². The Labute approximate surface area is 456 Å². The minimum absolute atomic E-state index is 0.208. The summed E-state index contributed by atoms with van der Waals surface area (Å²) in [6, 6.07) is 21.6. The quantitative estimate of drug-likeness (QED) is 0.169. The van der Waals surface area contributed by atoms with Crippen LogP contribution < -0.4 is 9.46 Å².